The zero-order valence-electron chi connectivity index (χ0n) is 19.7. The molecule has 2 aliphatic carbocycles. The van der Waals surface area contributed by atoms with Crippen molar-refractivity contribution >= 4 is 49.9 Å². The number of hydrogen-bond acceptors (Lipinski definition) is 5. The van der Waals surface area contributed by atoms with Crippen LogP contribution in [0.25, 0.3) is 22.0 Å². The fourth-order valence-electron chi connectivity index (χ4n) is 4.40. The van der Waals surface area contributed by atoms with Crippen molar-refractivity contribution in [1.82, 2.24) is 14.3 Å². The van der Waals surface area contributed by atoms with Crippen LogP contribution in [0.4, 0.5) is 10.2 Å². The topological polar surface area (TPSA) is 75.2 Å². The molecule has 190 valence electrons. The molecule has 4 aromatic rings. The van der Waals surface area contributed by atoms with Gasteiger partial charge < -0.3 is 5.32 Å². The highest BCUT2D eigenvalue weighted by atomic mass is 35.5. The van der Waals surface area contributed by atoms with Crippen molar-refractivity contribution in [2.45, 2.75) is 49.2 Å². The van der Waals surface area contributed by atoms with Gasteiger partial charge >= 0.3 is 0 Å². The van der Waals surface area contributed by atoms with Crippen molar-refractivity contribution < 1.29 is 12.8 Å². The monoisotopic (exact) mass is 556 g/mol. The fourth-order valence-corrected chi connectivity index (χ4v) is 6.81. The van der Waals surface area contributed by atoms with E-state index in [-0.39, 0.29) is 22.5 Å². The zero-order valence-corrected chi connectivity index (χ0v) is 22.0. The Labute approximate surface area is 224 Å². The van der Waals surface area contributed by atoms with Crippen LogP contribution < -0.4 is 5.32 Å². The van der Waals surface area contributed by atoms with E-state index in [0.717, 1.165) is 40.7 Å². The minimum Gasteiger partial charge on any atom is -0.367 e. The third kappa shape index (κ3) is 5.03. The van der Waals surface area contributed by atoms with E-state index in [1.807, 2.05) is 18.2 Å². The van der Waals surface area contributed by atoms with Crippen LogP contribution in [-0.2, 0) is 16.6 Å². The molecule has 1 aromatic heterocycles. The van der Waals surface area contributed by atoms with E-state index in [2.05, 4.69) is 15.3 Å². The molecule has 37 heavy (non-hydrogen) atoms. The standard InChI is InChI=1S/C27H23Cl2FN4O2S/c28-19-3-10-26(23(29)13-19)37(35,36)34(21-6-7-21)14-18-11-16(1-8-24(18)30)17-2-9-25-22(12-17)27(32-15-31-25)33-20-4-5-20/h1-3,8-13,15,20-21H,4-7,14H2,(H,31,32,33). The van der Waals surface area contributed by atoms with Crippen LogP contribution in [0, 0.1) is 5.82 Å². The van der Waals surface area contributed by atoms with E-state index < -0.39 is 15.8 Å². The molecule has 0 radical (unpaired) electrons. The molecule has 2 aliphatic rings. The number of fused-ring (bicyclic) bond motifs is 1. The molecule has 0 aliphatic heterocycles. The summed E-state index contributed by atoms with van der Waals surface area (Å²) in [6, 6.07) is 15.1. The van der Waals surface area contributed by atoms with Gasteiger partial charge in [-0.3, -0.25) is 0 Å². The minimum absolute atomic E-state index is 0.0350. The van der Waals surface area contributed by atoms with Crippen molar-refractivity contribution in [3.8, 4) is 11.1 Å². The third-order valence-corrected chi connectivity index (χ3v) is 9.31. The van der Waals surface area contributed by atoms with Gasteiger partial charge in [0.1, 0.15) is 22.9 Å². The van der Waals surface area contributed by atoms with E-state index in [4.69, 9.17) is 23.2 Å². The molecule has 6 rings (SSSR count). The summed E-state index contributed by atoms with van der Waals surface area (Å²) in [4.78, 5) is 8.74. The van der Waals surface area contributed by atoms with Gasteiger partial charge in [-0.05, 0) is 79.3 Å². The molecule has 1 heterocycles. The maximum Gasteiger partial charge on any atom is 0.245 e. The molecule has 10 heteroatoms. The van der Waals surface area contributed by atoms with Gasteiger partial charge in [-0.2, -0.15) is 4.31 Å². The molecule has 0 unspecified atom stereocenters. The molecule has 0 saturated heterocycles. The molecule has 0 bridgehead atoms. The van der Waals surface area contributed by atoms with Gasteiger partial charge in [-0.15, -0.1) is 0 Å². The quantitative estimate of drug-likeness (QED) is 0.262. The molecular formula is C27H23Cl2FN4O2S. The number of rotatable bonds is 8. The zero-order chi connectivity index (χ0) is 25.7. The maximum absolute atomic E-state index is 15.0. The molecule has 0 atom stereocenters. The van der Waals surface area contributed by atoms with Crippen LogP contribution in [0.15, 0.2) is 65.8 Å². The number of nitrogens with one attached hydrogen (secondary N) is 1. The number of hydrogen-bond donors (Lipinski definition) is 1. The lowest BCUT2D eigenvalue weighted by Crippen LogP contribution is -2.33. The van der Waals surface area contributed by atoms with Gasteiger partial charge in [0.25, 0.3) is 0 Å². The number of sulfonamides is 1. The first-order chi connectivity index (χ1) is 17.8. The summed E-state index contributed by atoms with van der Waals surface area (Å²) in [6.07, 6.45) is 5.21. The largest absolute Gasteiger partial charge is 0.367 e. The van der Waals surface area contributed by atoms with Crippen LogP contribution in [0.5, 0.6) is 0 Å². The summed E-state index contributed by atoms with van der Waals surface area (Å²) in [6.45, 7) is -0.100. The predicted octanol–water partition coefficient (Wildman–Crippen LogP) is 6.67. The van der Waals surface area contributed by atoms with Gasteiger partial charge in [-0.25, -0.2) is 22.8 Å². The van der Waals surface area contributed by atoms with E-state index in [0.29, 0.717) is 29.5 Å². The van der Waals surface area contributed by atoms with Gasteiger partial charge in [0.05, 0.1) is 10.5 Å². The summed E-state index contributed by atoms with van der Waals surface area (Å²) < 4.78 is 43.5. The van der Waals surface area contributed by atoms with Crippen LogP contribution in [-0.4, -0.2) is 34.8 Å². The summed E-state index contributed by atoms with van der Waals surface area (Å²) in [5.41, 5.74) is 2.75. The van der Waals surface area contributed by atoms with Crippen LogP contribution in [0.1, 0.15) is 31.2 Å². The average molecular weight is 557 g/mol. The van der Waals surface area contributed by atoms with Gasteiger partial charge in [-0.1, -0.05) is 35.3 Å². The molecule has 3 aromatic carbocycles. The molecule has 1 N–H and O–H groups in total. The van der Waals surface area contributed by atoms with E-state index in [1.54, 1.807) is 18.5 Å². The van der Waals surface area contributed by atoms with Crippen molar-refractivity contribution in [2.24, 2.45) is 0 Å². The lowest BCUT2D eigenvalue weighted by atomic mass is 10.0. The molecule has 2 saturated carbocycles. The second-order valence-electron chi connectivity index (χ2n) is 9.54. The van der Waals surface area contributed by atoms with Crippen LogP contribution in [0.2, 0.25) is 10.0 Å². The fraction of sp³-hybridized carbons (Fsp3) is 0.259. The Bertz CT molecular complexity index is 1620. The highest BCUT2D eigenvalue weighted by Crippen LogP contribution is 2.37. The van der Waals surface area contributed by atoms with Crippen molar-refractivity contribution in [3.63, 3.8) is 0 Å². The Morgan fingerprint density at radius 1 is 0.946 bits per heavy atom. The summed E-state index contributed by atoms with van der Waals surface area (Å²) in [5.74, 6) is 0.314. The third-order valence-electron chi connectivity index (χ3n) is 6.69. The number of halogens is 3. The van der Waals surface area contributed by atoms with Crippen LogP contribution >= 0.6 is 23.2 Å². The second kappa shape index (κ2) is 9.51. The smallest absolute Gasteiger partial charge is 0.245 e. The minimum atomic E-state index is -3.97. The lowest BCUT2D eigenvalue weighted by Gasteiger charge is -2.23. The molecule has 0 spiro atoms. The first-order valence-electron chi connectivity index (χ1n) is 12.1. The van der Waals surface area contributed by atoms with Gasteiger partial charge in [0, 0.05) is 34.6 Å². The average Bonchev–Trinajstić information content (AvgIpc) is 3.79. The summed E-state index contributed by atoms with van der Waals surface area (Å²) >= 11 is 12.2. The van der Waals surface area contributed by atoms with Crippen molar-refractivity contribution in [3.05, 3.63) is 82.4 Å². The Morgan fingerprint density at radius 2 is 1.70 bits per heavy atom. The molecule has 0 amide bonds. The van der Waals surface area contributed by atoms with E-state index in [9.17, 15) is 8.42 Å². The van der Waals surface area contributed by atoms with Gasteiger partial charge in [0.2, 0.25) is 10.0 Å². The first-order valence-corrected chi connectivity index (χ1v) is 14.3. The highest BCUT2D eigenvalue weighted by Gasteiger charge is 2.39. The first kappa shape index (κ1) is 24.6. The van der Waals surface area contributed by atoms with E-state index >= 15 is 4.39 Å². The maximum atomic E-state index is 15.0. The number of nitrogens with zero attached hydrogens (tertiary/aromatic N) is 3. The predicted molar refractivity (Wildman–Crippen MR) is 144 cm³/mol. The van der Waals surface area contributed by atoms with E-state index in [1.165, 1.54) is 28.6 Å². The number of anilines is 1. The van der Waals surface area contributed by atoms with Crippen molar-refractivity contribution in [1.29, 1.82) is 0 Å². The lowest BCUT2D eigenvalue weighted by molar-refractivity contribution is 0.391. The van der Waals surface area contributed by atoms with Crippen molar-refractivity contribution in [2.75, 3.05) is 5.32 Å². The van der Waals surface area contributed by atoms with Crippen LogP contribution in [0.3, 0.4) is 0 Å². The summed E-state index contributed by atoms with van der Waals surface area (Å²) in [7, 11) is -3.97. The SMILES string of the molecule is O=S(=O)(c1ccc(Cl)cc1Cl)N(Cc1cc(-c2ccc3ncnc(NC4CC4)c3c2)ccc1F)C1CC1. The Morgan fingerprint density at radius 3 is 2.43 bits per heavy atom. The Hall–Kier alpha value is -2.78. The van der Waals surface area contributed by atoms with Gasteiger partial charge in [0.15, 0.2) is 0 Å². The normalized spacial score (nSPS) is 15.9. The molecular weight excluding hydrogens is 534 g/mol. The Balaban J connectivity index is 1.35. The molecule has 2 fully saturated rings. The number of benzene rings is 3. The Kier molecular flexibility index (Phi) is 6.31. The molecule has 6 nitrogen and oxygen atoms in total. The highest BCUT2D eigenvalue weighted by molar-refractivity contribution is 7.89. The second-order valence-corrected chi connectivity index (χ2v) is 12.2. The number of aromatic nitrogens is 2. The summed E-state index contributed by atoms with van der Waals surface area (Å²) in [5, 5.41) is 4.71.